The number of benzene rings is 1. The van der Waals surface area contributed by atoms with E-state index in [1.165, 1.54) is 0 Å². The average Bonchev–Trinajstić information content (AvgIpc) is 2.26. The van der Waals surface area contributed by atoms with Crippen LogP contribution in [0.4, 0.5) is 13.2 Å². The third-order valence-corrected chi connectivity index (χ3v) is 5.24. The molecule has 1 aromatic carbocycles. The van der Waals surface area contributed by atoms with Gasteiger partial charge >= 0.3 is 6.18 Å². The number of rotatable bonds is 4. The fourth-order valence-corrected chi connectivity index (χ4v) is 3.66. The minimum Gasteiger partial charge on any atom is -0.207 e. The van der Waals surface area contributed by atoms with Gasteiger partial charge in [0, 0.05) is 18.0 Å². The molecule has 0 amide bonds. The van der Waals surface area contributed by atoms with Crippen molar-refractivity contribution < 1.29 is 21.6 Å². The molecule has 0 unspecified atom stereocenters. The Morgan fingerprint density at radius 3 is 2.20 bits per heavy atom. The molecule has 0 aliphatic heterocycles. The van der Waals surface area contributed by atoms with E-state index in [1.54, 1.807) is 0 Å². The van der Waals surface area contributed by atoms with Gasteiger partial charge < -0.3 is 0 Å². The molecular formula is C10H9Cl3F3NO2S. The van der Waals surface area contributed by atoms with E-state index in [9.17, 15) is 21.6 Å². The normalized spacial score (nSPS) is 13.0. The fourth-order valence-electron chi connectivity index (χ4n) is 1.38. The van der Waals surface area contributed by atoms with Crippen molar-refractivity contribution in [3.05, 3.63) is 27.7 Å². The number of hydrogen-bond acceptors (Lipinski definition) is 2. The van der Waals surface area contributed by atoms with Crippen LogP contribution in [0.3, 0.4) is 0 Å². The molecule has 0 radical (unpaired) electrons. The second kappa shape index (κ2) is 6.27. The van der Waals surface area contributed by atoms with Crippen LogP contribution in [0.2, 0.25) is 10.0 Å². The molecule has 0 aliphatic rings. The quantitative estimate of drug-likeness (QED) is 0.754. The van der Waals surface area contributed by atoms with Crippen LogP contribution in [0, 0.1) is 0 Å². The third kappa shape index (κ3) is 4.14. The topological polar surface area (TPSA) is 37.4 Å². The molecule has 1 rings (SSSR count). The van der Waals surface area contributed by atoms with E-state index in [-0.39, 0.29) is 25.8 Å². The van der Waals surface area contributed by atoms with Gasteiger partial charge in [-0.3, -0.25) is 0 Å². The molecule has 0 spiro atoms. The van der Waals surface area contributed by atoms with E-state index >= 15 is 0 Å². The van der Waals surface area contributed by atoms with Crippen molar-refractivity contribution in [3.63, 3.8) is 0 Å². The maximum Gasteiger partial charge on any atom is 0.402 e. The Morgan fingerprint density at radius 1 is 1.20 bits per heavy atom. The molecule has 0 aliphatic carbocycles. The van der Waals surface area contributed by atoms with Crippen LogP contribution in [0.25, 0.3) is 0 Å². The van der Waals surface area contributed by atoms with Crippen LogP contribution in [0.15, 0.2) is 17.0 Å². The summed E-state index contributed by atoms with van der Waals surface area (Å²) in [6, 6.07) is 2.20. The molecule has 0 saturated heterocycles. The Bertz CT molecular complexity index is 605. The van der Waals surface area contributed by atoms with Crippen LogP contribution in [0.5, 0.6) is 0 Å². The highest BCUT2D eigenvalue weighted by atomic mass is 35.5. The lowest BCUT2D eigenvalue weighted by molar-refractivity contribution is -0.134. The minimum absolute atomic E-state index is 0.0957. The zero-order valence-electron chi connectivity index (χ0n) is 10.0. The number of hydrogen-bond donors (Lipinski definition) is 0. The van der Waals surface area contributed by atoms with Crippen molar-refractivity contribution in [2.24, 2.45) is 0 Å². The monoisotopic (exact) mass is 369 g/mol. The summed E-state index contributed by atoms with van der Waals surface area (Å²) in [6.07, 6.45) is -4.66. The van der Waals surface area contributed by atoms with Gasteiger partial charge in [-0.05, 0) is 17.7 Å². The molecule has 0 atom stereocenters. The summed E-state index contributed by atoms with van der Waals surface area (Å²) in [5, 5.41) is -0.125. The molecule has 114 valence electrons. The Balaban J connectivity index is 3.29. The Labute approximate surface area is 129 Å². The van der Waals surface area contributed by atoms with E-state index in [0.717, 1.165) is 19.2 Å². The van der Waals surface area contributed by atoms with E-state index in [2.05, 4.69) is 0 Å². The molecule has 0 aromatic heterocycles. The predicted molar refractivity (Wildman–Crippen MR) is 71.9 cm³/mol. The molecule has 0 saturated carbocycles. The van der Waals surface area contributed by atoms with Gasteiger partial charge in [0.2, 0.25) is 10.0 Å². The molecule has 10 heteroatoms. The lowest BCUT2D eigenvalue weighted by Gasteiger charge is -2.20. The lowest BCUT2D eigenvalue weighted by atomic mass is 10.2. The number of nitrogens with zero attached hydrogens (tertiary/aromatic N) is 1. The summed E-state index contributed by atoms with van der Waals surface area (Å²) in [4.78, 5) is -0.467. The maximum atomic E-state index is 12.3. The summed E-state index contributed by atoms with van der Waals surface area (Å²) >= 11 is 17.1. The summed E-state index contributed by atoms with van der Waals surface area (Å²) in [7, 11) is -3.57. The lowest BCUT2D eigenvalue weighted by Crippen LogP contribution is -2.36. The van der Waals surface area contributed by atoms with Gasteiger partial charge in [-0.25, -0.2) is 8.42 Å². The first-order valence-electron chi connectivity index (χ1n) is 5.06. The Kier molecular flexibility index (Phi) is 5.60. The second-order valence-electron chi connectivity index (χ2n) is 3.88. The highest BCUT2D eigenvalue weighted by Crippen LogP contribution is 2.32. The van der Waals surface area contributed by atoms with Gasteiger partial charge in [-0.15, -0.1) is 11.6 Å². The van der Waals surface area contributed by atoms with Crippen molar-refractivity contribution >= 4 is 44.8 Å². The first-order valence-corrected chi connectivity index (χ1v) is 7.79. The van der Waals surface area contributed by atoms with Crippen LogP contribution < -0.4 is 0 Å². The van der Waals surface area contributed by atoms with Gasteiger partial charge in [-0.1, -0.05) is 23.2 Å². The van der Waals surface area contributed by atoms with Crippen molar-refractivity contribution in [3.8, 4) is 0 Å². The van der Waals surface area contributed by atoms with Crippen molar-refractivity contribution in [2.45, 2.75) is 17.0 Å². The maximum absolute atomic E-state index is 12.3. The summed E-state index contributed by atoms with van der Waals surface area (Å²) < 4.78 is 61.1. The van der Waals surface area contributed by atoms with Crippen LogP contribution >= 0.6 is 34.8 Å². The number of alkyl halides is 4. The number of sulfonamides is 1. The molecule has 0 bridgehead atoms. The molecule has 0 N–H and O–H groups in total. The van der Waals surface area contributed by atoms with Crippen LogP contribution in [-0.4, -0.2) is 32.5 Å². The van der Waals surface area contributed by atoms with E-state index in [0.29, 0.717) is 0 Å². The van der Waals surface area contributed by atoms with Gasteiger partial charge in [0.1, 0.15) is 11.4 Å². The van der Waals surface area contributed by atoms with E-state index in [4.69, 9.17) is 34.8 Å². The largest absolute Gasteiger partial charge is 0.402 e. The molecule has 0 fully saturated rings. The van der Waals surface area contributed by atoms with Crippen LogP contribution in [-0.2, 0) is 15.9 Å². The first-order chi connectivity index (χ1) is 8.99. The molecule has 3 nitrogen and oxygen atoms in total. The standard InChI is InChI=1S/C10H9Cl3F3NO2S/c1-17(5-10(14,15)16)20(18,19)9-2-6(4-11)7(12)3-8(9)13/h2-3H,4-5H2,1H3. The van der Waals surface area contributed by atoms with Crippen LogP contribution in [0.1, 0.15) is 5.56 Å². The Hall–Kier alpha value is -0.210. The van der Waals surface area contributed by atoms with E-state index in [1.807, 2.05) is 0 Å². The highest BCUT2D eigenvalue weighted by Gasteiger charge is 2.35. The smallest absolute Gasteiger partial charge is 0.207 e. The Morgan fingerprint density at radius 2 is 1.75 bits per heavy atom. The fraction of sp³-hybridized carbons (Fsp3) is 0.400. The summed E-state index contributed by atoms with van der Waals surface area (Å²) in [6.45, 7) is -1.62. The first kappa shape index (κ1) is 17.8. The molecule has 1 aromatic rings. The molecule has 20 heavy (non-hydrogen) atoms. The van der Waals surface area contributed by atoms with Gasteiger partial charge in [0.25, 0.3) is 0 Å². The zero-order valence-corrected chi connectivity index (χ0v) is 13.1. The third-order valence-electron chi connectivity index (χ3n) is 2.34. The summed E-state index contributed by atoms with van der Waals surface area (Å²) in [5.74, 6) is -0.0957. The van der Waals surface area contributed by atoms with Crippen molar-refractivity contribution in [1.82, 2.24) is 4.31 Å². The van der Waals surface area contributed by atoms with Gasteiger partial charge in [-0.2, -0.15) is 17.5 Å². The molecular weight excluding hydrogens is 362 g/mol. The van der Waals surface area contributed by atoms with Gasteiger partial charge in [0.15, 0.2) is 0 Å². The highest BCUT2D eigenvalue weighted by molar-refractivity contribution is 7.89. The second-order valence-corrected chi connectivity index (χ2v) is 6.98. The van der Waals surface area contributed by atoms with E-state index < -0.39 is 27.6 Å². The van der Waals surface area contributed by atoms with Crippen molar-refractivity contribution in [2.75, 3.05) is 13.6 Å². The average molecular weight is 371 g/mol. The van der Waals surface area contributed by atoms with Crippen molar-refractivity contribution in [1.29, 1.82) is 0 Å². The summed E-state index contributed by atoms with van der Waals surface area (Å²) in [5.41, 5.74) is 0.261. The minimum atomic E-state index is -4.66. The number of halogens is 6. The predicted octanol–water partition coefficient (Wildman–Crippen LogP) is 3.92. The van der Waals surface area contributed by atoms with Gasteiger partial charge in [0.05, 0.1) is 5.02 Å². The molecule has 0 heterocycles. The SMILES string of the molecule is CN(CC(F)(F)F)S(=O)(=O)c1cc(CCl)c(Cl)cc1Cl. The zero-order chi connectivity index (χ0) is 15.7.